The molecule has 8 unspecified atom stereocenters. The number of hydrogen-bond acceptors (Lipinski definition) is 12. The largest absolute Gasteiger partial charge is 0.506 e. The van der Waals surface area contributed by atoms with Gasteiger partial charge >= 0.3 is 0 Å². The molecule has 4 aliphatic rings. The highest BCUT2D eigenvalue weighted by Crippen LogP contribution is 2.55. The first kappa shape index (κ1) is 30.2. The maximum absolute atomic E-state index is 13.9. The van der Waals surface area contributed by atoms with Crippen LogP contribution in [0.1, 0.15) is 58.5 Å². The monoisotopic (exact) mass is 610 g/mol. The Hall–Kier alpha value is -3.84. The van der Waals surface area contributed by atoms with E-state index in [9.17, 15) is 39.6 Å². The number of rotatable bonds is 3. The van der Waals surface area contributed by atoms with Crippen LogP contribution in [-0.4, -0.2) is 93.4 Å². The minimum absolute atomic E-state index is 0.0104. The normalized spacial score (nSPS) is 34.4. The Morgan fingerprint density at radius 2 is 1.02 bits per heavy atom. The average molecular weight is 611 g/mol. The summed E-state index contributed by atoms with van der Waals surface area (Å²) in [5.74, 6) is -6.69. The number of phenolic OH excluding ortho intramolecular Hbond substituents is 2. The Labute approximate surface area is 252 Å². The van der Waals surface area contributed by atoms with Gasteiger partial charge in [0.15, 0.2) is 34.3 Å². The number of methoxy groups -OCH3 is 2. The first-order chi connectivity index (χ1) is 20.6. The Bertz CT molecular complexity index is 1540. The van der Waals surface area contributed by atoms with Crippen molar-refractivity contribution in [3.63, 3.8) is 0 Å². The number of benzene rings is 2. The molecule has 2 heterocycles. The molecule has 2 aromatic rings. The molecule has 2 aromatic carbocycles. The highest BCUT2D eigenvalue weighted by molar-refractivity contribution is 6.18. The maximum atomic E-state index is 13.9. The van der Waals surface area contributed by atoms with Crippen molar-refractivity contribution in [3.8, 4) is 34.1 Å². The van der Waals surface area contributed by atoms with Crippen molar-refractivity contribution in [2.45, 2.75) is 76.2 Å². The lowest BCUT2D eigenvalue weighted by Gasteiger charge is -2.49. The van der Waals surface area contributed by atoms with Crippen LogP contribution < -0.4 is 9.47 Å². The number of aliphatic hydroxyl groups excluding tert-OH is 2. The molecule has 4 N–H and O–H groups in total. The standard InChI is InChI=1S/C32H34O12/c1-11-7-15-21(27(37)23-13(33)9-17(41-5)29(39)31(23,3)43-15)25(35)19(11)20-12(2)8-16-22(26(20)36)28(38)24-14(34)10-18(42-6)30(40)32(24,4)44-16/h7-8,17-18,23-24,29-30,35-36,39-40H,9-10H2,1-6H3. The average Bonchev–Trinajstić information content (AvgIpc) is 2.93. The zero-order valence-electron chi connectivity index (χ0n) is 25.1. The van der Waals surface area contributed by atoms with Gasteiger partial charge in [-0.05, 0) is 51.0 Å². The van der Waals surface area contributed by atoms with E-state index >= 15 is 0 Å². The molecule has 8 atom stereocenters. The molecule has 12 nitrogen and oxygen atoms in total. The second-order valence-corrected chi connectivity index (χ2v) is 12.5. The highest BCUT2D eigenvalue weighted by atomic mass is 16.5. The summed E-state index contributed by atoms with van der Waals surface area (Å²) < 4.78 is 22.7. The third-order valence-electron chi connectivity index (χ3n) is 9.93. The van der Waals surface area contributed by atoms with Crippen molar-refractivity contribution in [1.82, 2.24) is 0 Å². The van der Waals surface area contributed by atoms with Gasteiger partial charge < -0.3 is 39.4 Å². The fourth-order valence-corrected chi connectivity index (χ4v) is 7.62. The zero-order chi connectivity index (χ0) is 32.2. The summed E-state index contributed by atoms with van der Waals surface area (Å²) in [5, 5.41) is 45.2. The van der Waals surface area contributed by atoms with E-state index in [4.69, 9.17) is 18.9 Å². The number of fused-ring (bicyclic) bond motifs is 4. The van der Waals surface area contributed by atoms with Gasteiger partial charge in [-0.25, -0.2) is 0 Å². The van der Waals surface area contributed by atoms with Crippen molar-refractivity contribution < 1.29 is 58.6 Å². The lowest BCUT2D eigenvalue weighted by Crippen LogP contribution is -2.66. The van der Waals surface area contributed by atoms with Gasteiger partial charge in [-0.15, -0.1) is 0 Å². The summed E-state index contributed by atoms with van der Waals surface area (Å²) in [6.45, 7) is 6.09. The van der Waals surface area contributed by atoms with Gasteiger partial charge in [-0.3, -0.25) is 19.2 Å². The van der Waals surface area contributed by atoms with Crippen molar-refractivity contribution in [2.24, 2.45) is 11.8 Å². The van der Waals surface area contributed by atoms with Gasteiger partial charge in [0.05, 0.1) is 12.2 Å². The number of carbonyl (C=O) groups excluding carboxylic acids is 4. The molecule has 2 aliphatic heterocycles. The number of ether oxygens (including phenoxy) is 4. The van der Waals surface area contributed by atoms with Crippen LogP contribution >= 0.6 is 0 Å². The molecular weight excluding hydrogens is 576 g/mol. The van der Waals surface area contributed by atoms with E-state index in [1.807, 2.05) is 0 Å². The van der Waals surface area contributed by atoms with Crippen LogP contribution in [0.25, 0.3) is 11.1 Å². The Balaban J connectivity index is 1.51. The molecule has 0 aromatic heterocycles. The van der Waals surface area contributed by atoms with E-state index in [0.717, 1.165) is 0 Å². The molecule has 6 rings (SSSR count). The van der Waals surface area contributed by atoms with E-state index in [1.165, 1.54) is 40.2 Å². The molecule has 0 amide bonds. The lowest BCUT2D eigenvalue weighted by molar-refractivity contribution is -0.171. The Kier molecular flexibility index (Phi) is 6.75. The van der Waals surface area contributed by atoms with Crippen LogP contribution in [0.4, 0.5) is 0 Å². The molecule has 0 radical (unpaired) electrons. The van der Waals surface area contributed by atoms with Gasteiger partial charge in [0.1, 0.15) is 58.2 Å². The van der Waals surface area contributed by atoms with Crippen LogP contribution in [0.2, 0.25) is 0 Å². The summed E-state index contributed by atoms with van der Waals surface area (Å²) in [4.78, 5) is 54.0. The van der Waals surface area contributed by atoms with E-state index in [2.05, 4.69) is 0 Å². The molecule has 2 fully saturated rings. The topological polar surface area (TPSA) is 186 Å². The predicted molar refractivity (Wildman–Crippen MR) is 151 cm³/mol. The van der Waals surface area contributed by atoms with Gasteiger partial charge in [0.25, 0.3) is 0 Å². The van der Waals surface area contributed by atoms with Crippen LogP contribution in [0.15, 0.2) is 12.1 Å². The number of Topliss-reactive ketones (excluding diaryl/α,β-unsaturated/α-hetero) is 4. The third kappa shape index (κ3) is 3.77. The molecule has 0 spiro atoms. The van der Waals surface area contributed by atoms with E-state index in [-0.39, 0.29) is 46.6 Å². The van der Waals surface area contributed by atoms with Gasteiger partial charge in [0, 0.05) is 38.2 Å². The van der Waals surface area contributed by atoms with E-state index in [0.29, 0.717) is 11.1 Å². The Morgan fingerprint density at radius 3 is 1.34 bits per heavy atom. The van der Waals surface area contributed by atoms with Crippen LogP contribution in [-0.2, 0) is 19.1 Å². The number of aliphatic hydroxyl groups is 2. The Morgan fingerprint density at radius 1 is 0.682 bits per heavy atom. The molecule has 12 heteroatoms. The van der Waals surface area contributed by atoms with E-state index in [1.54, 1.807) is 13.8 Å². The molecule has 2 saturated carbocycles. The zero-order valence-corrected chi connectivity index (χ0v) is 25.1. The highest BCUT2D eigenvalue weighted by Gasteiger charge is 2.62. The minimum atomic E-state index is -1.65. The summed E-state index contributed by atoms with van der Waals surface area (Å²) >= 11 is 0. The molecule has 44 heavy (non-hydrogen) atoms. The number of aromatic hydroxyl groups is 2. The quantitative estimate of drug-likeness (QED) is 0.371. The number of ketones is 4. The number of hydrogen-bond donors (Lipinski definition) is 4. The smallest absolute Gasteiger partial charge is 0.184 e. The summed E-state index contributed by atoms with van der Waals surface area (Å²) in [6.07, 6.45) is -4.88. The van der Waals surface area contributed by atoms with E-state index < -0.39 is 82.1 Å². The molecule has 0 saturated heterocycles. The summed E-state index contributed by atoms with van der Waals surface area (Å²) in [7, 11) is 2.69. The fraction of sp³-hybridized carbons (Fsp3) is 0.500. The summed E-state index contributed by atoms with van der Waals surface area (Å²) in [5.41, 5.74) is -3.20. The molecular formula is C32H34O12. The van der Waals surface area contributed by atoms with Crippen molar-refractivity contribution in [3.05, 3.63) is 34.4 Å². The first-order valence-electron chi connectivity index (χ1n) is 14.3. The molecule has 2 aliphatic carbocycles. The third-order valence-corrected chi connectivity index (χ3v) is 9.93. The maximum Gasteiger partial charge on any atom is 0.184 e. The predicted octanol–water partition coefficient (Wildman–Crippen LogP) is 1.98. The fourth-order valence-electron chi connectivity index (χ4n) is 7.62. The van der Waals surface area contributed by atoms with Gasteiger partial charge in [0.2, 0.25) is 0 Å². The van der Waals surface area contributed by atoms with Crippen LogP contribution in [0.5, 0.6) is 23.0 Å². The second kappa shape index (κ2) is 9.83. The number of carbonyl (C=O) groups is 4. The minimum Gasteiger partial charge on any atom is -0.506 e. The van der Waals surface area contributed by atoms with Crippen LogP contribution in [0, 0.1) is 25.7 Å². The van der Waals surface area contributed by atoms with Gasteiger partial charge in [-0.2, -0.15) is 0 Å². The first-order valence-corrected chi connectivity index (χ1v) is 14.3. The molecule has 0 bridgehead atoms. The lowest BCUT2D eigenvalue weighted by atomic mass is 9.67. The van der Waals surface area contributed by atoms with Crippen LogP contribution in [0.3, 0.4) is 0 Å². The van der Waals surface area contributed by atoms with Crippen molar-refractivity contribution >= 4 is 23.1 Å². The van der Waals surface area contributed by atoms with Gasteiger partial charge in [-0.1, -0.05) is 0 Å². The van der Waals surface area contributed by atoms with Crippen molar-refractivity contribution in [2.75, 3.05) is 14.2 Å². The summed E-state index contributed by atoms with van der Waals surface area (Å²) in [6, 6.07) is 2.91. The SMILES string of the molecule is COC1CC(=O)C2C(=O)c3c(cc(C)c(-c4c(C)cc5c(c4O)C(=O)C4C(=O)CC(OC)C(O)C4(C)O5)c3O)OC2(C)C1O. The molecule has 234 valence electrons. The second-order valence-electron chi connectivity index (χ2n) is 12.5. The number of phenols is 2. The van der Waals surface area contributed by atoms with Crippen molar-refractivity contribution in [1.29, 1.82) is 0 Å². The number of aryl methyl sites for hydroxylation is 2.